The van der Waals surface area contributed by atoms with E-state index in [1.807, 2.05) is 11.5 Å². The minimum atomic E-state index is -0.289. The Hall–Kier alpha value is -1.34. The quantitative estimate of drug-likeness (QED) is 0.637. The summed E-state index contributed by atoms with van der Waals surface area (Å²) >= 11 is 2.99. The fourth-order valence-corrected chi connectivity index (χ4v) is 4.88. The van der Waals surface area contributed by atoms with Crippen LogP contribution in [0.2, 0.25) is 0 Å². The number of thioether (sulfide) groups is 1. The van der Waals surface area contributed by atoms with E-state index in [0.717, 1.165) is 41.4 Å². The van der Waals surface area contributed by atoms with Gasteiger partial charge in [0.2, 0.25) is 5.43 Å². The number of carbonyl (C=O) groups is 1. The second-order valence-electron chi connectivity index (χ2n) is 4.84. The molecule has 0 saturated carbocycles. The first-order valence-electron chi connectivity index (χ1n) is 6.90. The van der Waals surface area contributed by atoms with Crippen molar-refractivity contribution in [2.75, 3.05) is 12.9 Å². The summed E-state index contributed by atoms with van der Waals surface area (Å²) in [6.45, 7) is 2.75. The van der Waals surface area contributed by atoms with Crippen LogP contribution in [-0.4, -0.2) is 28.4 Å². The number of nitrogens with zero attached hydrogens (tertiary/aromatic N) is 2. The molecule has 21 heavy (non-hydrogen) atoms. The molecule has 0 unspecified atom stereocenters. The van der Waals surface area contributed by atoms with E-state index in [1.54, 1.807) is 11.3 Å². The van der Waals surface area contributed by atoms with Gasteiger partial charge in [-0.15, -0.1) is 11.3 Å². The van der Waals surface area contributed by atoms with E-state index in [0.29, 0.717) is 5.52 Å². The van der Waals surface area contributed by atoms with Crippen LogP contribution in [0.25, 0.3) is 10.3 Å². The third-order valence-corrected chi connectivity index (χ3v) is 5.88. The van der Waals surface area contributed by atoms with Gasteiger partial charge in [-0.1, -0.05) is 11.8 Å². The van der Waals surface area contributed by atoms with E-state index >= 15 is 0 Å². The fourth-order valence-electron chi connectivity index (χ4n) is 2.57. The lowest BCUT2D eigenvalue weighted by Gasteiger charge is -2.05. The van der Waals surface area contributed by atoms with E-state index in [-0.39, 0.29) is 17.2 Å². The topological polar surface area (TPSA) is 61.2 Å². The molecule has 0 spiro atoms. The number of hydrogen-bond donors (Lipinski definition) is 0. The highest BCUT2D eigenvalue weighted by atomic mass is 32.2. The molecule has 0 fully saturated rings. The van der Waals surface area contributed by atoms with Crippen LogP contribution < -0.4 is 5.43 Å². The van der Waals surface area contributed by atoms with Crippen LogP contribution in [0.15, 0.2) is 9.95 Å². The van der Waals surface area contributed by atoms with Gasteiger partial charge in [-0.3, -0.25) is 9.59 Å². The highest BCUT2D eigenvalue weighted by molar-refractivity contribution is 7.99. The van der Waals surface area contributed by atoms with Gasteiger partial charge in [0.1, 0.15) is 10.3 Å². The number of rotatable bonds is 4. The Kier molecular flexibility index (Phi) is 4.03. The highest BCUT2D eigenvalue weighted by Gasteiger charge is 2.22. The Bertz CT molecular complexity index is 764. The summed E-state index contributed by atoms with van der Waals surface area (Å²) in [6.07, 6.45) is 2.92. The van der Waals surface area contributed by atoms with Gasteiger partial charge in [0, 0.05) is 17.0 Å². The van der Waals surface area contributed by atoms with Gasteiger partial charge in [-0.2, -0.15) is 0 Å². The Morgan fingerprint density at radius 2 is 2.29 bits per heavy atom. The van der Waals surface area contributed by atoms with Gasteiger partial charge < -0.3 is 9.30 Å². The first kappa shape index (κ1) is 14.6. The van der Waals surface area contributed by atoms with Gasteiger partial charge in [0.05, 0.1) is 12.9 Å². The van der Waals surface area contributed by atoms with E-state index in [4.69, 9.17) is 0 Å². The molecule has 2 heterocycles. The Labute approximate surface area is 130 Å². The normalized spacial score (nSPS) is 13.6. The zero-order valence-electron chi connectivity index (χ0n) is 12.0. The van der Waals surface area contributed by atoms with Crippen molar-refractivity contribution in [2.45, 2.75) is 37.9 Å². The highest BCUT2D eigenvalue weighted by Crippen LogP contribution is 2.31. The molecule has 0 radical (unpaired) electrons. The summed E-state index contributed by atoms with van der Waals surface area (Å²) in [5.74, 6) is -0.0819. The van der Waals surface area contributed by atoms with E-state index < -0.39 is 0 Å². The predicted octanol–water partition coefficient (Wildman–Crippen LogP) is 2.23. The summed E-state index contributed by atoms with van der Waals surface area (Å²) in [5, 5.41) is 0.718. The molecule has 1 aliphatic rings. The summed E-state index contributed by atoms with van der Waals surface area (Å²) in [6, 6.07) is 0. The number of esters is 1. The molecule has 7 heteroatoms. The van der Waals surface area contributed by atoms with Crippen molar-refractivity contribution in [1.29, 1.82) is 0 Å². The SMILES string of the molecule is CCn1c(SCC(=O)OC)nc2c(=O)c3c(sc21)CCC3. The van der Waals surface area contributed by atoms with Crippen LogP contribution in [0.1, 0.15) is 23.8 Å². The molecule has 1 aliphatic carbocycles. The molecule has 2 aromatic rings. The molecule has 0 aliphatic heterocycles. The lowest BCUT2D eigenvalue weighted by atomic mass is 10.2. The average Bonchev–Trinajstić information content (AvgIpc) is 3.09. The largest absolute Gasteiger partial charge is 0.468 e. The second kappa shape index (κ2) is 5.81. The summed E-state index contributed by atoms with van der Waals surface area (Å²) in [4.78, 5) is 30.4. The molecular weight excluding hydrogens is 308 g/mol. The summed E-state index contributed by atoms with van der Waals surface area (Å²) in [7, 11) is 1.37. The first-order chi connectivity index (χ1) is 10.2. The number of methoxy groups -OCH3 is 1. The Morgan fingerprint density at radius 1 is 1.48 bits per heavy atom. The zero-order valence-corrected chi connectivity index (χ0v) is 13.6. The van der Waals surface area contributed by atoms with Crippen molar-refractivity contribution in [3.8, 4) is 0 Å². The van der Waals surface area contributed by atoms with Gasteiger partial charge >= 0.3 is 5.97 Å². The average molecular weight is 324 g/mol. The minimum Gasteiger partial charge on any atom is -0.468 e. The van der Waals surface area contributed by atoms with Crippen LogP contribution >= 0.6 is 23.1 Å². The number of carbonyl (C=O) groups excluding carboxylic acids is 1. The predicted molar refractivity (Wildman–Crippen MR) is 84.3 cm³/mol. The van der Waals surface area contributed by atoms with Crippen LogP contribution in [0.5, 0.6) is 0 Å². The maximum atomic E-state index is 12.5. The molecule has 2 aromatic heterocycles. The van der Waals surface area contributed by atoms with Gasteiger partial charge in [0.25, 0.3) is 0 Å². The Balaban J connectivity index is 2.08. The molecule has 0 saturated heterocycles. The Morgan fingerprint density at radius 3 is 3.00 bits per heavy atom. The summed E-state index contributed by atoms with van der Waals surface area (Å²) < 4.78 is 6.67. The van der Waals surface area contributed by atoms with Crippen molar-refractivity contribution >= 4 is 39.4 Å². The molecule has 0 N–H and O–H groups in total. The van der Waals surface area contributed by atoms with Gasteiger partial charge in [-0.25, -0.2) is 4.98 Å². The van der Waals surface area contributed by atoms with Crippen LogP contribution in [0.4, 0.5) is 0 Å². The third-order valence-electron chi connectivity index (χ3n) is 3.63. The number of imidazole rings is 1. The van der Waals surface area contributed by atoms with Crippen LogP contribution in [-0.2, 0) is 28.9 Å². The number of fused-ring (bicyclic) bond motifs is 2. The molecule has 0 amide bonds. The maximum Gasteiger partial charge on any atom is 0.316 e. The second-order valence-corrected chi connectivity index (χ2v) is 6.87. The molecule has 112 valence electrons. The van der Waals surface area contributed by atoms with Crippen LogP contribution in [0, 0.1) is 0 Å². The van der Waals surface area contributed by atoms with Crippen molar-refractivity contribution in [2.24, 2.45) is 0 Å². The number of ether oxygens (including phenoxy) is 1. The van der Waals surface area contributed by atoms with E-state index in [2.05, 4.69) is 9.72 Å². The van der Waals surface area contributed by atoms with Crippen molar-refractivity contribution < 1.29 is 9.53 Å². The molecule has 5 nitrogen and oxygen atoms in total. The lowest BCUT2D eigenvalue weighted by Crippen LogP contribution is -2.07. The number of aryl methyl sites for hydroxylation is 2. The molecular formula is C14H16N2O3S2. The van der Waals surface area contributed by atoms with Crippen molar-refractivity contribution in [1.82, 2.24) is 9.55 Å². The van der Waals surface area contributed by atoms with E-state index in [9.17, 15) is 9.59 Å². The van der Waals surface area contributed by atoms with Gasteiger partial charge in [-0.05, 0) is 26.2 Å². The van der Waals surface area contributed by atoms with Crippen LogP contribution in [0.3, 0.4) is 0 Å². The zero-order chi connectivity index (χ0) is 15.0. The van der Waals surface area contributed by atoms with Crippen molar-refractivity contribution in [3.63, 3.8) is 0 Å². The number of hydrogen-bond acceptors (Lipinski definition) is 6. The van der Waals surface area contributed by atoms with E-state index in [1.165, 1.54) is 23.7 Å². The molecule has 0 aromatic carbocycles. The summed E-state index contributed by atoms with van der Waals surface area (Å²) in [5.41, 5.74) is 1.57. The fraction of sp³-hybridized carbons (Fsp3) is 0.500. The molecule has 3 rings (SSSR count). The maximum absolute atomic E-state index is 12.5. The third kappa shape index (κ3) is 2.48. The first-order valence-corrected chi connectivity index (χ1v) is 8.70. The molecule has 0 atom stereocenters. The minimum absolute atomic E-state index is 0.0726. The standard InChI is InChI=1S/C14H16N2O3S2/c1-3-16-13-11(15-14(16)20-7-10(17)19-2)12(18)8-5-4-6-9(8)21-13/h3-7H2,1-2H3. The monoisotopic (exact) mass is 324 g/mol. The number of aromatic nitrogens is 2. The smallest absolute Gasteiger partial charge is 0.316 e. The lowest BCUT2D eigenvalue weighted by molar-refractivity contribution is -0.137. The van der Waals surface area contributed by atoms with Gasteiger partial charge in [0.15, 0.2) is 5.16 Å². The molecule has 0 bridgehead atoms. The van der Waals surface area contributed by atoms with Crippen molar-refractivity contribution in [3.05, 3.63) is 20.7 Å².